The Morgan fingerprint density at radius 2 is 1.91 bits per heavy atom. The number of carbonyl (C=O) groups excluding carboxylic acids is 2. The van der Waals surface area contributed by atoms with E-state index in [9.17, 15) is 9.59 Å². The van der Waals surface area contributed by atoms with Crippen LogP contribution in [0.5, 0.6) is 11.6 Å². The second-order valence-corrected chi connectivity index (χ2v) is 8.58. The lowest BCUT2D eigenvalue weighted by molar-refractivity contribution is -0.122. The molecule has 0 spiro atoms. The second-order valence-electron chi connectivity index (χ2n) is 8.58. The number of nitrogens with two attached hydrogens (primary N) is 1. The number of benzene rings is 1. The number of hydrogen-bond acceptors (Lipinski definition) is 6. The highest BCUT2D eigenvalue weighted by molar-refractivity contribution is 5.91. The van der Waals surface area contributed by atoms with Crippen LogP contribution >= 0.6 is 0 Å². The SMILES string of the molecule is NC(=O)c1cc(CCC2CCNC2=O)nc(-c2ccc(Oc3ccc(C4CC4)cn3)cc2)n1. The lowest BCUT2D eigenvalue weighted by Gasteiger charge is -2.10. The quantitative estimate of drug-likeness (QED) is 0.551. The van der Waals surface area contributed by atoms with Crippen molar-refractivity contribution < 1.29 is 14.3 Å². The van der Waals surface area contributed by atoms with E-state index in [0.29, 0.717) is 48.5 Å². The van der Waals surface area contributed by atoms with Crippen LogP contribution in [0.15, 0.2) is 48.7 Å². The average molecular weight is 444 g/mol. The normalized spacial score (nSPS) is 17.6. The molecule has 2 amide bonds. The molecule has 2 aromatic heterocycles. The lowest BCUT2D eigenvalue weighted by atomic mass is 10.00. The number of nitrogens with zero attached hydrogens (tertiary/aromatic N) is 3. The molecule has 1 unspecified atom stereocenters. The molecule has 8 heteroatoms. The van der Waals surface area contributed by atoms with Gasteiger partial charge >= 0.3 is 0 Å². The van der Waals surface area contributed by atoms with Crippen molar-refractivity contribution in [3.8, 4) is 23.0 Å². The highest BCUT2D eigenvalue weighted by Crippen LogP contribution is 2.40. The van der Waals surface area contributed by atoms with E-state index in [0.717, 1.165) is 12.0 Å². The molecule has 1 aromatic carbocycles. The molecule has 1 saturated heterocycles. The molecular formula is C25H25N5O3. The minimum atomic E-state index is -0.612. The summed E-state index contributed by atoms with van der Waals surface area (Å²) in [7, 11) is 0. The molecular weight excluding hydrogens is 418 g/mol. The van der Waals surface area contributed by atoms with Crippen LogP contribution in [0.3, 0.4) is 0 Å². The first-order valence-electron chi connectivity index (χ1n) is 11.2. The van der Waals surface area contributed by atoms with Gasteiger partial charge in [-0.15, -0.1) is 0 Å². The first-order chi connectivity index (χ1) is 16.0. The van der Waals surface area contributed by atoms with Gasteiger partial charge in [0.2, 0.25) is 11.8 Å². The first kappa shape index (κ1) is 21.1. The molecule has 1 atom stereocenters. The van der Waals surface area contributed by atoms with Gasteiger partial charge in [0.15, 0.2) is 5.82 Å². The van der Waals surface area contributed by atoms with E-state index in [1.54, 1.807) is 6.07 Å². The van der Waals surface area contributed by atoms with Crippen LogP contribution in [0.4, 0.5) is 0 Å². The molecule has 3 aromatic rings. The first-order valence-corrected chi connectivity index (χ1v) is 11.2. The predicted molar refractivity (Wildman–Crippen MR) is 122 cm³/mol. The Balaban J connectivity index is 1.31. The molecule has 168 valence electrons. The summed E-state index contributed by atoms with van der Waals surface area (Å²) in [5.74, 6) is 1.69. The van der Waals surface area contributed by atoms with Gasteiger partial charge in [0, 0.05) is 36.0 Å². The van der Waals surface area contributed by atoms with Crippen molar-refractivity contribution in [1.82, 2.24) is 20.3 Å². The molecule has 8 nitrogen and oxygen atoms in total. The molecule has 3 N–H and O–H groups in total. The zero-order valence-corrected chi connectivity index (χ0v) is 18.2. The third kappa shape index (κ3) is 5.00. The van der Waals surface area contributed by atoms with Crippen molar-refractivity contribution >= 4 is 11.8 Å². The van der Waals surface area contributed by atoms with E-state index in [1.165, 1.54) is 18.4 Å². The number of nitrogens with one attached hydrogen (secondary N) is 1. The van der Waals surface area contributed by atoms with Gasteiger partial charge in [0.1, 0.15) is 11.4 Å². The number of amides is 2. The molecule has 2 aliphatic rings. The standard InChI is InChI=1S/C25H25N5O3/c26-23(31)21-13-19(7-3-17-11-12-27-25(17)32)29-24(30-21)16-4-8-20(9-5-16)33-22-10-6-18(14-28-22)15-1-2-15/h4-6,8-10,13-15,17H,1-3,7,11-12H2,(H2,26,31)(H,27,32). The third-order valence-electron chi connectivity index (χ3n) is 6.09. The summed E-state index contributed by atoms with van der Waals surface area (Å²) in [4.78, 5) is 37.0. The van der Waals surface area contributed by atoms with Crippen LogP contribution in [-0.2, 0) is 11.2 Å². The Morgan fingerprint density at radius 1 is 1.09 bits per heavy atom. The monoisotopic (exact) mass is 443 g/mol. The molecule has 0 bridgehead atoms. The Kier molecular flexibility index (Phi) is 5.73. The Labute approximate surface area is 191 Å². The molecule has 1 aliphatic heterocycles. The topological polar surface area (TPSA) is 120 Å². The Hall–Kier alpha value is -3.81. The van der Waals surface area contributed by atoms with E-state index < -0.39 is 5.91 Å². The molecule has 33 heavy (non-hydrogen) atoms. The summed E-state index contributed by atoms with van der Waals surface area (Å²) >= 11 is 0. The summed E-state index contributed by atoms with van der Waals surface area (Å²) in [5, 5.41) is 2.84. The number of rotatable bonds is 8. The summed E-state index contributed by atoms with van der Waals surface area (Å²) in [5.41, 5.74) is 8.34. The Morgan fingerprint density at radius 3 is 2.55 bits per heavy atom. The number of pyridine rings is 1. The molecule has 5 rings (SSSR count). The maximum Gasteiger partial charge on any atom is 0.267 e. The van der Waals surface area contributed by atoms with Crippen molar-refractivity contribution in [2.75, 3.05) is 6.54 Å². The summed E-state index contributed by atoms with van der Waals surface area (Å²) in [6.45, 7) is 0.708. The van der Waals surface area contributed by atoms with E-state index in [2.05, 4.69) is 26.3 Å². The van der Waals surface area contributed by atoms with Crippen LogP contribution in [0.2, 0.25) is 0 Å². The van der Waals surface area contributed by atoms with Crippen LogP contribution in [0, 0.1) is 5.92 Å². The Bertz CT molecular complexity index is 1170. The summed E-state index contributed by atoms with van der Waals surface area (Å²) in [6, 6.07) is 12.9. The third-order valence-corrected chi connectivity index (χ3v) is 6.09. The number of hydrogen-bond donors (Lipinski definition) is 2. The van der Waals surface area contributed by atoms with E-state index in [-0.39, 0.29) is 17.5 Å². The van der Waals surface area contributed by atoms with Gasteiger partial charge < -0.3 is 15.8 Å². The zero-order valence-electron chi connectivity index (χ0n) is 18.2. The fourth-order valence-electron chi connectivity index (χ4n) is 4.03. The maximum absolute atomic E-state index is 11.8. The van der Waals surface area contributed by atoms with Gasteiger partial charge in [-0.05, 0) is 73.9 Å². The smallest absolute Gasteiger partial charge is 0.267 e. The van der Waals surface area contributed by atoms with Gasteiger partial charge in [0.25, 0.3) is 5.91 Å². The number of aromatic nitrogens is 3. The highest BCUT2D eigenvalue weighted by Gasteiger charge is 2.24. The number of ether oxygens (including phenoxy) is 1. The van der Waals surface area contributed by atoms with Crippen molar-refractivity contribution in [2.24, 2.45) is 11.7 Å². The van der Waals surface area contributed by atoms with Crippen LogP contribution in [-0.4, -0.2) is 33.3 Å². The van der Waals surface area contributed by atoms with Gasteiger partial charge in [0.05, 0.1) is 0 Å². The fourth-order valence-corrected chi connectivity index (χ4v) is 4.03. The predicted octanol–water partition coefficient (Wildman–Crippen LogP) is 3.38. The highest BCUT2D eigenvalue weighted by atomic mass is 16.5. The van der Waals surface area contributed by atoms with Crippen molar-refractivity contribution in [1.29, 1.82) is 0 Å². The summed E-state index contributed by atoms with van der Waals surface area (Å²) < 4.78 is 5.85. The van der Waals surface area contributed by atoms with Crippen LogP contribution < -0.4 is 15.8 Å². The number of carbonyl (C=O) groups is 2. The average Bonchev–Trinajstić information content (AvgIpc) is 3.60. The minimum absolute atomic E-state index is 0.0242. The largest absolute Gasteiger partial charge is 0.439 e. The van der Waals surface area contributed by atoms with E-state index in [4.69, 9.17) is 10.5 Å². The molecule has 3 heterocycles. The summed E-state index contributed by atoms with van der Waals surface area (Å²) in [6.07, 6.45) is 6.40. The van der Waals surface area contributed by atoms with Crippen molar-refractivity contribution in [3.05, 3.63) is 65.6 Å². The molecule has 1 aliphatic carbocycles. The maximum atomic E-state index is 11.8. The van der Waals surface area contributed by atoms with Gasteiger partial charge in [-0.1, -0.05) is 6.07 Å². The van der Waals surface area contributed by atoms with Crippen LogP contribution in [0.25, 0.3) is 11.4 Å². The minimum Gasteiger partial charge on any atom is -0.439 e. The van der Waals surface area contributed by atoms with Gasteiger partial charge in [-0.25, -0.2) is 15.0 Å². The zero-order chi connectivity index (χ0) is 22.8. The van der Waals surface area contributed by atoms with E-state index >= 15 is 0 Å². The molecule has 2 fully saturated rings. The number of aryl methyl sites for hydroxylation is 1. The van der Waals surface area contributed by atoms with Crippen molar-refractivity contribution in [3.63, 3.8) is 0 Å². The molecule has 1 saturated carbocycles. The van der Waals surface area contributed by atoms with E-state index in [1.807, 2.05) is 36.5 Å². The van der Waals surface area contributed by atoms with Gasteiger partial charge in [-0.2, -0.15) is 0 Å². The van der Waals surface area contributed by atoms with Gasteiger partial charge in [-0.3, -0.25) is 9.59 Å². The second kappa shape index (κ2) is 8.97. The molecule has 0 radical (unpaired) electrons. The number of primary amides is 1. The van der Waals surface area contributed by atoms with Crippen LogP contribution in [0.1, 0.15) is 53.3 Å². The van der Waals surface area contributed by atoms with Crippen molar-refractivity contribution in [2.45, 2.75) is 38.0 Å². The lowest BCUT2D eigenvalue weighted by Crippen LogP contribution is -2.19. The fraction of sp³-hybridized carbons (Fsp3) is 0.320.